The van der Waals surface area contributed by atoms with Crippen LogP contribution >= 0.6 is 11.6 Å². The first-order chi connectivity index (χ1) is 13.4. The van der Waals surface area contributed by atoms with Gasteiger partial charge in [0.05, 0.1) is 6.54 Å². The second kappa shape index (κ2) is 9.54. The fraction of sp³-hybridized carbons (Fsp3) is 0.632. The fourth-order valence-electron chi connectivity index (χ4n) is 3.68. The Hall–Kier alpha value is -1.19. The lowest BCUT2D eigenvalue weighted by atomic mass is 10.2. The van der Waals surface area contributed by atoms with E-state index in [1.54, 1.807) is 20.7 Å². The molecule has 0 bridgehead atoms. The average Bonchev–Trinajstić information content (AvgIpc) is 2.95. The molecule has 9 heteroatoms. The van der Waals surface area contributed by atoms with Gasteiger partial charge in [0, 0.05) is 50.0 Å². The number of hydrogen-bond donors (Lipinski definition) is 1. The van der Waals surface area contributed by atoms with Crippen LogP contribution in [0.3, 0.4) is 0 Å². The topological polar surface area (TPSA) is 73.0 Å². The third-order valence-electron chi connectivity index (χ3n) is 5.39. The molecule has 1 aromatic rings. The Kier molecular flexibility index (Phi) is 7.33. The molecule has 0 atom stereocenters. The average molecular weight is 429 g/mol. The second-order valence-electron chi connectivity index (χ2n) is 7.50. The number of carbonyl (C=O) groups excluding carboxylic acids is 1. The molecule has 2 heterocycles. The highest BCUT2D eigenvalue weighted by atomic mass is 35.5. The van der Waals surface area contributed by atoms with Crippen molar-refractivity contribution in [3.63, 3.8) is 0 Å². The first kappa shape index (κ1) is 21.5. The molecule has 0 unspecified atom stereocenters. The number of halogens is 1. The van der Waals surface area contributed by atoms with Gasteiger partial charge in [0.25, 0.3) is 10.2 Å². The molecule has 28 heavy (non-hydrogen) atoms. The molecular formula is C19H29ClN4O3S. The van der Waals surface area contributed by atoms with Crippen LogP contribution in [0.1, 0.15) is 31.2 Å². The summed E-state index contributed by atoms with van der Waals surface area (Å²) in [5.74, 6) is -0.116. The van der Waals surface area contributed by atoms with E-state index >= 15 is 0 Å². The van der Waals surface area contributed by atoms with E-state index in [0.717, 1.165) is 31.2 Å². The van der Waals surface area contributed by atoms with Crippen LogP contribution in [-0.2, 0) is 15.0 Å². The third kappa shape index (κ3) is 5.45. The Labute approximate surface area is 172 Å². The van der Waals surface area contributed by atoms with Crippen molar-refractivity contribution < 1.29 is 13.2 Å². The van der Waals surface area contributed by atoms with Crippen LogP contribution in [0.5, 0.6) is 0 Å². The number of hydrogen-bond acceptors (Lipinski definition) is 4. The highest BCUT2D eigenvalue weighted by Crippen LogP contribution is 2.21. The van der Waals surface area contributed by atoms with Gasteiger partial charge in [-0.2, -0.15) is 17.0 Å². The molecule has 0 saturated carbocycles. The van der Waals surface area contributed by atoms with Gasteiger partial charge in [0.15, 0.2) is 0 Å². The molecule has 1 N–H and O–H groups in total. The van der Waals surface area contributed by atoms with Crippen molar-refractivity contribution in [2.75, 3.05) is 51.1 Å². The zero-order chi connectivity index (χ0) is 20.1. The quantitative estimate of drug-likeness (QED) is 0.781. The molecule has 3 rings (SSSR count). The zero-order valence-electron chi connectivity index (χ0n) is 16.4. The number of piperazine rings is 1. The minimum Gasteiger partial charge on any atom is -0.325 e. The number of aryl methyl sites for hydroxylation is 1. The van der Waals surface area contributed by atoms with Crippen LogP contribution in [0, 0.1) is 6.92 Å². The molecule has 2 saturated heterocycles. The highest BCUT2D eigenvalue weighted by molar-refractivity contribution is 7.86. The summed E-state index contributed by atoms with van der Waals surface area (Å²) in [7, 11) is -3.39. The van der Waals surface area contributed by atoms with E-state index in [2.05, 4.69) is 5.32 Å². The monoisotopic (exact) mass is 428 g/mol. The number of rotatable bonds is 5. The van der Waals surface area contributed by atoms with Gasteiger partial charge in [-0.15, -0.1) is 0 Å². The molecule has 2 fully saturated rings. The summed E-state index contributed by atoms with van der Waals surface area (Å²) in [6.07, 6.45) is 4.06. The summed E-state index contributed by atoms with van der Waals surface area (Å²) < 4.78 is 28.9. The maximum atomic E-state index is 12.9. The van der Waals surface area contributed by atoms with E-state index in [1.807, 2.05) is 17.9 Å². The fourth-order valence-corrected chi connectivity index (χ4v) is 5.52. The molecule has 0 radical (unpaired) electrons. The van der Waals surface area contributed by atoms with E-state index in [4.69, 9.17) is 11.6 Å². The van der Waals surface area contributed by atoms with Crippen molar-refractivity contribution in [2.24, 2.45) is 0 Å². The Morgan fingerprint density at radius 2 is 1.61 bits per heavy atom. The standard InChI is InChI=1S/C19H29ClN4O3S/c1-16-6-7-17(20)14-18(16)21-19(25)15-22-10-12-24(13-11-22)28(26,27)23-8-4-2-3-5-9-23/h6-7,14H,2-5,8-13,15H2,1H3,(H,21,25). The summed E-state index contributed by atoms with van der Waals surface area (Å²) >= 11 is 6.00. The maximum absolute atomic E-state index is 12.9. The van der Waals surface area contributed by atoms with E-state index in [9.17, 15) is 13.2 Å². The molecule has 7 nitrogen and oxygen atoms in total. The molecule has 1 aromatic carbocycles. The molecule has 0 spiro atoms. The number of anilines is 1. The van der Waals surface area contributed by atoms with Crippen molar-refractivity contribution in [3.8, 4) is 0 Å². The number of nitrogens with one attached hydrogen (secondary N) is 1. The molecule has 156 valence electrons. The third-order valence-corrected chi connectivity index (χ3v) is 7.66. The molecule has 2 aliphatic heterocycles. The smallest absolute Gasteiger partial charge is 0.282 e. The van der Waals surface area contributed by atoms with Gasteiger partial charge in [-0.1, -0.05) is 30.5 Å². The normalized spacial score (nSPS) is 20.6. The summed E-state index contributed by atoms with van der Waals surface area (Å²) in [4.78, 5) is 14.4. The predicted octanol–water partition coefficient (Wildman–Crippen LogP) is 2.33. The van der Waals surface area contributed by atoms with Crippen LogP contribution < -0.4 is 5.32 Å². The Bertz CT molecular complexity index is 786. The Balaban J connectivity index is 1.50. The van der Waals surface area contributed by atoms with Gasteiger partial charge in [-0.3, -0.25) is 9.69 Å². The van der Waals surface area contributed by atoms with Crippen molar-refractivity contribution in [2.45, 2.75) is 32.6 Å². The highest BCUT2D eigenvalue weighted by Gasteiger charge is 2.32. The maximum Gasteiger partial charge on any atom is 0.282 e. The van der Waals surface area contributed by atoms with E-state index in [1.165, 1.54) is 0 Å². The molecule has 1 amide bonds. The summed E-state index contributed by atoms with van der Waals surface area (Å²) in [5.41, 5.74) is 1.66. The van der Waals surface area contributed by atoms with Crippen LogP contribution in [0.15, 0.2) is 18.2 Å². The number of nitrogens with zero attached hydrogens (tertiary/aromatic N) is 3. The van der Waals surface area contributed by atoms with Gasteiger partial charge < -0.3 is 5.32 Å². The predicted molar refractivity (Wildman–Crippen MR) is 112 cm³/mol. The zero-order valence-corrected chi connectivity index (χ0v) is 17.9. The first-order valence-corrected chi connectivity index (χ1v) is 11.7. The minimum atomic E-state index is -3.39. The van der Waals surface area contributed by atoms with Crippen LogP contribution in [-0.4, -0.2) is 73.6 Å². The minimum absolute atomic E-state index is 0.116. The van der Waals surface area contributed by atoms with Gasteiger partial charge in [-0.25, -0.2) is 0 Å². The molecular weight excluding hydrogens is 400 g/mol. The summed E-state index contributed by atoms with van der Waals surface area (Å²) in [5, 5.41) is 3.47. The van der Waals surface area contributed by atoms with Crippen LogP contribution in [0.2, 0.25) is 5.02 Å². The van der Waals surface area contributed by atoms with E-state index in [0.29, 0.717) is 50.0 Å². The number of amides is 1. The molecule has 0 aliphatic carbocycles. The Morgan fingerprint density at radius 3 is 2.25 bits per heavy atom. The first-order valence-electron chi connectivity index (χ1n) is 9.90. The SMILES string of the molecule is Cc1ccc(Cl)cc1NC(=O)CN1CCN(S(=O)(=O)N2CCCCCC2)CC1. The Morgan fingerprint density at radius 1 is 1.00 bits per heavy atom. The van der Waals surface area contributed by atoms with E-state index < -0.39 is 10.2 Å². The lowest BCUT2D eigenvalue weighted by Crippen LogP contribution is -2.54. The largest absolute Gasteiger partial charge is 0.325 e. The van der Waals surface area contributed by atoms with Crippen molar-refractivity contribution >= 4 is 33.4 Å². The van der Waals surface area contributed by atoms with Gasteiger partial charge in [0.2, 0.25) is 5.91 Å². The van der Waals surface area contributed by atoms with Gasteiger partial charge in [-0.05, 0) is 37.5 Å². The second-order valence-corrected chi connectivity index (χ2v) is 9.87. The van der Waals surface area contributed by atoms with Crippen molar-refractivity contribution in [3.05, 3.63) is 28.8 Å². The summed E-state index contributed by atoms with van der Waals surface area (Å²) in [6.45, 7) is 5.32. The van der Waals surface area contributed by atoms with Crippen LogP contribution in [0.25, 0.3) is 0 Å². The van der Waals surface area contributed by atoms with E-state index in [-0.39, 0.29) is 12.5 Å². The lowest BCUT2D eigenvalue weighted by molar-refractivity contribution is -0.117. The molecule has 0 aromatic heterocycles. The van der Waals surface area contributed by atoms with Crippen LogP contribution in [0.4, 0.5) is 5.69 Å². The van der Waals surface area contributed by atoms with Crippen molar-refractivity contribution in [1.29, 1.82) is 0 Å². The summed E-state index contributed by atoms with van der Waals surface area (Å²) in [6, 6.07) is 5.39. The van der Waals surface area contributed by atoms with Crippen molar-refractivity contribution in [1.82, 2.24) is 13.5 Å². The molecule has 2 aliphatic rings. The van der Waals surface area contributed by atoms with Gasteiger partial charge in [0.1, 0.15) is 0 Å². The number of benzene rings is 1. The van der Waals surface area contributed by atoms with Gasteiger partial charge >= 0.3 is 0 Å². The lowest BCUT2D eigenvalue weighted by Gasteiger charge is -2.36. The number of carbonyl (C=O) groups is 1.